The van der Waals surface area contributed by atoms with E-state index in [1.54, 1.807) is 37.3 Å². The molecule has 0 aliphatic carbocycles. The largest absolute Gasteiger partial charge is 0.494 e. The summed E-state index contributed by atoms with van der Waals surface area (Å²) in [6, 6.07) is 13.1. The molecule has 0 spiro atoms. The third kappa shape index (κ3) is 6.89. The molecule has 0 aliphatic rings. The van der Waals surface area contributed by atoms with Crippen LogP contribution in [0.15, 0.2) is 54.6 Å². The van der Waals surface area contributed by atoms with Gasteiger partial charge in [-0.15, -0.1) is 0 Å². The van der Waals surface area contributed by atoms with Crippen LogP contribution in [-0.4, -0.2) is 50.7 Å². The van der Waals surface area contributed by atoms with Gasteiger partial charge in [0.1, 0.15) is 29.5 Å². The fraction of sp³-hybridized carbons (Fsp3) is 0.393. The Bertz CT molecular complexity index is 1260. The van der Waals surface area contributed by atoms with Crippen LogP contribution in [0.2, 0.25) is 0 Å². The molecule has 0 saturated carbocycles. The fourth-order valence-electron chi connectivity index (χ4n) is 3.43. The minimum Gasteiger partial charge on any atom is -0.494 e. The summed E-state index contributed by atoms with van der Waals surface area (Å²) in [5, 5.41) is 27.2. The standard InChI is InChI=1S/C28H34FN3O6/c1-6-37-19-13-11-18(12-14-19)21(16-25(33)34)30-26(35)22-15-24(38-17-28(5,36)27(2,3)4)32(31-22)23-10-8-7-9-20(23)29/h7-15,21,36H,6,16-17H2,1-5H3,(H,30,35)(H,33,34)/t21-,28-/m0/s1. The Morgan fingerprint density at radius 2 is 1.74 bits per heavy atom. The molecule has 9 nitrogen and oxygen atoms in total. The van der Waals surface area contributed by atoms with Crippen LogP contribution in [-0.2, 0) is 4.79 Å². The topological polar surface area (TPSA) is 123 Å². The molecule has 0 bridgehead atoms. The van der Waals surface area contributed by atoms with E-state index in [1.807, 2.05) is 27.7 Å². The number of ether oxygens (including phenoxy) is 2. The first-order valence-corrected chi connectivity index (χ1v) is 12.3. The lowest BCUT2D eigenvalue weighted by atomic mass is 9.78. The number of benzene rings is 2. The molecule has 1 aromatic heterocycles. The van der Waals surface area contributed by atoms with Gasteiger partial charge in [-0.05, 0) is 49.1 Å². The summed E-state index contributed by atoms with van der Waals surface area (Å²) in [5.74, 6) is -1.70. The van der Waals surface area contributed by atoms with Gasteiger partial charge in [0.2, 0.25) is 5.88 Å². The third-order valence-corrected chi connectivity index (χ3v) is 6.38. The summed E-state index contributed by atoms with van der Waals surface area (Å²) in [7, 11) is 0. The Morgan fingerprint density at radius 3 is 2.32 bits per heavy atom. The quantitative estimate of drug-likeness (QED) is 0.335. The van der Waals surface area contributed by atoms with Gasteiger partial charge in [-0.3, -0.25) is 9.59 Å². The van der Waals surface area contributed by atoms with Gasteiger partial charge in [0.25, 0.3) is 5.91 Å². The second-order valence-electron chi connectivity index (χ2n) is 10.2. The zero-order valence-electron chi connectivity index (χ0n) is 22.2. The number of para-hydroxylation sites is 1. The summed E-state index contributed by atoms with van der Waals surface area (Å²) in [6.07, 6.45) is -0.369. The average Bonchev–Trinajstić information content (AvgIpc) is 3.27. The van der Waals surface area contributed by atoms with Crippen molar-refractivity contribution in [2.45, 2.75) is 52.7 Å². The van der Waals surface area contributed by atoms with E-state index in [9.17, 15) is 24.2 Å². The van der Waals surface area contributed by atoms with E-state index in [-0.39, 0.29) is 30.3 Å². The number of rotatable bonds is 11. The van der Waals surface area contributed by atoms with Crippen LogP contribution in [0, 0.1) is 11.2 Å². The normalized spacial score (nSPS) is 13.9. The maximum Gasteiger partial charge on any atom is 0.305 e. The molecule has 1 heterocycles. The highest BCUT2D eigenvalue weighted by Gasteiger charge is 2.36. The van der Waals surface area contributed by atoms with Crippen LogP contribution >= 0.6 is 0 Å². The van der Waals surface area contributed by atoms with Crippen molar-refractivity contribution < 1.29 is 33.7 Å². The molecule has 3 N–H and O–H groups in total. The van der Waals surface area contributed by atoms with Crippen molar-refractivity contribution in [3.05, 3.63) is 71.7 Å². The maximum absolute atomic E-state index is 14.6. The van der Waals surface area contributed by atoms with Gasteiger partial charge in [0.15, 0.2) is 5.69 Å². The Morgan fingerprint density at radius 1 is 1.08 bits per heavy atom. The molecular weight excluding hydrogens is 493 g/mol. The van der Waals surface area contributed by atoms with E-state index < -0.39 is 34.8 Å². The van der Waals surface area contributed by atoms with Crippen molar-refractivity contribution in [1.29, 1.82) is 0 Å². The molecule has 0 saturated heterocycles. The van der Waals surface area contributed by atoms with Gasteiger partial charge in [0.05, 0.1) is 19.1 Å². The van der Waals surface area contributed by atoms with Crippen LogP contribution < -0.4 is 14.8 Å². The second-order valence-corrected chi connectivity index (χ2v) is 10.2. The molecule has 3 aromatic rings. The zero-order chi connectivity index (χ0) is 28.1. The number of carboxylic acids is 1. The minimum absolute atomic E-state index is 0.0422. The summed E-state index contributed by atoms with van der Waals surface area (Å²) in [6.45, 7) is 9.37. The molecule has 2 aromatic carbocycles. The smallest absolute Gasteiger partial charge is 0.305 e. The molecule has 10 heteroatoms. The number of hydrogen-bond acceptors (Lipinski definition) is 6. The first-order chi connectivity index (χ1) is 17.8. The number of carbonyl (C=O) groups is 2. The predicted octanol–water partition coefficient (Wildman–Crippen LogP) is 4.53. The van der Waals surface area contributed by atoms with E-state index in [0.29, 0.717) is 17.9 Å². The monoisotopic (exact) mass is 527 g/mol. The van der Waals surface area contributed by atoms with Crippen molar-refractivity contribution in [2.24, 2.45) is 5.41 Å². The Balaban J connectivity index is 1.93. The summed E-state index contributed by atoms with van der Waals surface area (Å²) in [5.41, 5.74) is -1.28. The highest BCUT2D eigenvalue weighted by Crippen LogP contribution is 2.31. The molecule has 1 amide bonds. The lowest BCUT2D eigenvalue weighted by molar-refractivity contribution is -0.137. The highest BCUT2D eigenvalue weighted by molar-refractivity contribution is 5.93. The summed E-state index contributed by atoms with van der Waals surface area (Å²) in [4.78, 5) is 24.7. The molecule has 2 atom stereocenters. The van der Waals surface area contributed by atoms with Crippen molar-refractivity contribution in [2.75, 3.05) is 13.2 Å². The van der Waals surface area contributed by atoms with Gasteiger partial charge in [-0.1, -0.05) is 45.0 Å². The molecule has 3 rings (SSSR count). The lowest BCUT2D eigenvalue weighted by Gasteiger charge is -2.36. The lowest BCUT2D eigenvalue weighted by Crippen LogP contribution is -2.45. The van der Waals surface area contributed by atoms with Crippen LogP contribution in [0.1, 0.15) is 63.1 Å². The van der Waals surface area contributed by atoms with Gasteiger partial charge in [-0.25, -0.2) is 4.39 Å². The van der Waals surface area contributed by atoms with Crippen molar-refractivity contribution in [1.82, 2.24) is 15.1 Å². The molecule has 204 valence electrons. The first kappa shape index (κ1) is 28.6. The zero-order valence-corrected chi connectivity index (χ0v) is 22.2. The number of aliphatic carboxylic acids is 1. The van der Waals surface area contributed by atoms with E-state index in [4.69, 9.17) is 9.47 Å². The van der Waals surface area contributed by atoms with Crippen molar-refractivity contribution in [3.63, 3.8) is 0 Å². The molecule has 38 heavy (non-hydrogen) atoms. The number of nitrogens with zero attached hydrogens (tertiary/aromatic N) is 2. The number of hydrogen-bond donors (Lipinski definition) is 3. The van der Waals surface area contributed by atoms with E-state index in [2.05, 4.69) is 10.4 Å². The fourth-order valence-corrected chi connectivity index (χ4v) is 3.43. The first-order valence-electron chi connectivity index (χ1n) is 12.3. The SMILES string of the molecule is CCOc1ccc([C@H](CC(=O)O)NC(=O)c2cc(OC[C@](C)(O)C(C)(C)C)n(-c3ccccc3F)n2)cc1. The predicted molar refractivity (Wildman–Crippen MR) is 139 cm³/mol. The van der Waals surface area contributed by atoms with Crippen LogP contribution in [0.4, 0.5) is 4.39 Å². The number of aromatic nitrogens is 2. The third-order valence-electron chi connectivity index (χ3n) is 6.38. The van der Waals surface area contributed by atoms with Gasteiger partial charge in [0, 0.05) is 6.07 Å². The Hall–Kier alpha value is -3.92. The second kappa shape index (κ2) is 11.6. The van der Waals surface area contributed by atoms with E-state index in [1.165, 1.54) is 24.3 Å². The number of nitrogens with one attached hydrogen (secondary N) is 1. The van der Waals surface area contributed by atoms with E-state index in [0.717, 1.165) is 4.68 Å². The highest BCUT2D eigenvalue weighted by atomic mass is 19.1. The number of amides is 1. The Labute approximate surface area is 221 Å². The number of carbonyl (C=O) groups excluding carboxylic acids is 1. The van der Waals surface area contributed by atoms with Crippen molar-refractivity contribution in [3.8, 4) is 17.3 Å². The van der Waals surface area contributed by atoms with Crippen molar-refractivity contribution >= 4 is 11.9 Å². The number of aliphatic hydroxyl groups is 1. The molecule has 0 unspecified atom stereocenters. The number of carboxylic acid groups (broad SMARTS) is 1. The molecule has 0 fully saturated rings. The molecular formula is C28H34FN3O6. The summed E-state index contributed by atoms with van der Waals surface area (Å²) >= 11 is 0. The minimum atomic E-state index is -1.25. The number of halogens is 1. The maximum atomic E-state index is 14.6. The molecule has 0 aliphatic heterocycles. The van der Waals surface area contributed by atoms with Gasteiger partial charge in [-0.2, -0.15) is 9.78 Å². The molecule has 0 radical (unpaired) electrons. The van der Waals surface area contributed by atoms with Crippen LogP contribution in [0.3, 0.4) is 0 Å². The summed E-state index contributed by atoms with van der Waals surface area (Å²) < 4.78 is 27.1. The van der Waals surface area contributed by atoms with Gasteiger partial charge >= 0.3 is 5.97 Å². The van der Waals surface area contributed by atoms with Crippen LogP contribution in [0.5, 0.6) is 11.6 Å². The van der Waals surface area contributed by atoms with Crippen LogP contribution in [0.25, 0.3) is 5.69 Å². The Kier molecular flexibility index (Phi) is 8.78. The van der Waals surface area contributed by atoms with Gasteiger partial charge < -0.3 is 25.0 Å². The van der Waals surface area contributed by atoms with E-state index >= 15 is 0 Å². The average molecular weight is 528 g/mol.